The number of carbonyl (C=O) groups is 2. The Morgan fingerprint density at radius 3 is 2.62 bits per heavy atom. The quantitative estimate of drug-likeness (QED) is 0.349. The Hall–Kier alpha value is -4.19. The maximum Gasteiger partial charge on any atom is 0.258 e. The van der Waals surface area contributed by atoms with Crippen molar-refractivity contribution in [3.63, 3.8) is 0 Å². The molecule has 0 bridgehead atoms. The van der Waals surface area contributed by atoms with E-state index in [-0.39, 0.29) is 43.3 Å². The number of hydrogen-bond acceptors (Lipinski definition) is 9. The average molecular weight is 647 g/mol. The first-order valence-electron chi connectivity index (χ1n) is 16.3. The molecule has 0 radical (unpaired) electrons. The zero-order valence-corrected chi connectivity index (χ0v) is 27.7. The van der Waals surface area contributed by atoms with Gasteiger partial charge in [-0.25, -0.2) is 0 Å². The summed E-state index contributed by atoms with van der Waals surface area (Å²) in [5.74, 6) is 1.29. The lowest BCUT2D eigenvalue weighted by Gasteiger charge is -2.36. The number of fused-ring (bicyclic) bond motifs is 2. The second-order valence-corrected chi connectivity index (χ2v) is 12.6. The summed E-state index contributed by atoms with van der Waals surface area (Å²) in [4.78, 5) is 35.2. The van der Waals surface area contributed by atoms with E-state index in [4.69, 9.17) is 18.9 Å². The first-order valence-corrected chi connectivity index (χ1v) is 16.3. The monoisotopic (exact) mass is 646 g/mol. The average Bonchev–Trinajstić information content (AvgIpc) is 3.54. The Morgan fingerprint density at radius 2 is 1.83 bits per heavy atom. The topological polar surface area (TPSA) is 123 Å². The fraction of sp³-hybridized carbons (Fsp3) is 0.472. The molecule has 0 saturated heterocycles. The minimum Gasteiger partial charge on any atom is -0.490 e. The Balaban J connectivity index is 1.38. The fourth-order valence-corrected chi connectivity index (χ4v) is 5.89. The van der Waals surface area contributed by atoms with Crippen molar-refractivity contribution in [3.8, 4) is 17.2 Å². The number of aliphatic hydroxyl groups is 1. The molecule has 0 aliphatic carbocycles. The van der Waals surface area contributed by atoms with Gasteiger partial charge in [-0.15, -0.1) is 0 Å². The van der Waals surface area contributed by atoms with Crippen molar-refractivity contribution >= 4 is 17.5 Å². The number of nitrogens with one attached hydrogen (secondary N) is 1. The summed E-state index contributed by atoms with van der Waals surface area (Å²) in [6.45, 7) is 8.21. The number of nitrogens with zero attached hydrogens (tertiary/aromatic N) is 3. The molecule has 2 aromatic carbocycles. The van der Waals surface area contributed by atoms with E-state index in [2.05, 4.69) is 29.2 Å². The van der Waals surface area contributed by atoms with Crippen molar-refractivity contribution in [3.05, 3.63) is 77.6 Å². The second-order valence-electron chi connectivity index (χ2n) is 12.6. The number of amides is 2. The molecule has 0 fully saturated rings. The van der Waals surface area contributed by atoms with Crippen LogP contribution in [0.3, 0.4) is 0 Å². The second kappa shape index (κ2) is 16.1. The third kappa shape index (κ3) is 9.00. The number of pyridine rings is 1. The highest BCUT2D eigenvalue weighted by molar-refractivity contribution is 6.05. The Labute approximate surface area is 276 Å². The van der Waals surface area contributed by atoms with Gasteiger partial charge in [-0.2, -0.15) is 0 Å². The molecule has 11 heteroatoms. The maximum absolute atomic E-state index is 14.4. The lowest BCUT2D eigenvalue weighted by atomic mass is 10.0. The number of likely N-dealkylation sites (N-methyl/N-ethyl adjacent to an activating group) is 1. The third-order valence-electron chi connectivity index (χ3n) is 8.63. The molecule has 2 amide bonds. The van der Waals surface area contributed by atoms with Crippen molar-refractivity contribution in [2.45, 2.75) is 64.8 Å². The van der Waals surface area contributed by atoms with E-state index in [0.29, 0.717) is 48.8 Å². The van der Waals surface area contributed by atoms with E-state index in [1.165, 1.54) is 0 Å². The van der Waals surface area contributed by atoms with E-state index in [1.807, 2.05) is 32.0 Å². The number of anilines is 1. The van der Waals surface area contributed by atoms with Gasteiger partial charge in [0.25, 0.3) is 11.8 Å². The van der Waals surface area contributed by atoms with Gasteiger partial charge in [0, 0.05) is 55.8 Å². The molecular formula is C36H46N4O7. The van der Waals surface area contributed by atoms with Crippen LogP contribution in [0.1, 0.15) is 66.3 Å². The van der Waals surface area contributed by atoms with Gasteiger partial charge in [-0.3, -0.25) is 19.5 Å². The van der Waals surface area contributed by atoms with E-state index in [0.717, 1.165) is 36.3 Å². The highest BCUT2D eigenvalue weighted by Gasteiger charge is 2.30. The maximum atomic E-state index is 14.4. The molecule has 1 aromatic heterocycles. The number of aromatic nitrogens is 1. The van der Waals surface area contributed by atoms with Crippen molar-refractivity contribution in [1.82, 2.24) is 14.8 Å². The number of aliphatic hydroxyl groups excluding tert-OH is 1. The van der Waals surface area contributed by atoms with Gasteiger partial charge in [0.15, 0.2) is 11.5 Å². The molecule has 3 heterocycles. The largest absolute Gasteiger partial charge is 0.490 e. The molecule has 5 rings (SSSR count). The van der Waals surface area contributed by atoms with E-state index >= 15 is 0 Å². The van der Waals surface area contributed by atoms with Gasteiger partial charge in [-0.05, 0) is 88.2 Å². The number of ether oxygens (including phenoxy) is 4. The minimum absolute atomic E-state index is 0.0621. The lowest BCUT2D eigenvalue weighted by molar-refractivity contribution is -0.0177. The standard InChI is InChI=1S/C36H46N4O7/c1-24-19-40(25(2)22-41)36(43)30-18-29(38-35(42)28-12-14-37-15-13-28)9-11-31(30)47-26(3)7-5-6-16-44-34(24)21-39(4)20-27-8-10-32-33(17-27)46-23-45-32/h8-15,17-18,24-26,34,41H,5-7,16,19-23H2,1-4H3,(H,38,42)/t24-,25+,26+,34-/m0/s1. The zero-order valence-electron chi connectivity index (χ0n) is 27.7. The fourth-order valence-electron chi connectivity index (χ4n) is 5.89. The van der Waals surface area contributed by atoms with Crippen molar-refractivity contribution in [2.75, 3.05) is 45.5 Å². The number of benzene rings is 2. The van der Waals surface area contributed by atoms with Crippen LogP contribution >= 0.6 is 0 Å². The van der Waals surface area contributed by atoms with Gasteiger partial charge in [0.1, 0.15) is 5.75 Å². The summed E-state index contributed by atoms with van der Waals surface area (Å²) in [5.41, 5.74) is 2.35. The summed E-state index contributed by atoms with van der Waals surface area (Å²) in [6.07, 6.45) is 5.37. The summed E-state index contributed by atoms with van der Waals surface area (Å²) >= 11 is 0. The SMILES string of the molecule is C[C@@H]1CCCCO[C@@H](CN(C)Cc2ccc3c(c2)OCO3)[C@@H](C)CN([C@H](C)CO)C(=O)c2cc(NC(=O)c3ccncc3)ccc2O1. The van der Waals surface area contributed by atoms with Crippen LogP contribution in [-0.2, 0) is 11.3 Å². The molecular weight excluding hydrogens is 600 g/mol. The van der Waals surface area contributed by atoms with Crippen LogP contribution in [0.2, 0.25) is 0 Å². The summed E-state index contributed by atoms with van der Waals surface area (Å²) in [6, 6.07) is 13.9. The van der Waals surface area contributed by atoms with Crippen LogP contribution in [0.15, 0.2) is 60.9 Å². The number of rotatable bonds is 8. The van der Waals surface area contributed by atoms with E-state index in [9.17, 15) is 14.7 Å². The minimum atomic E-state index is -0.467. The Bertz CT molecular complexity index is 1500. The van der Waals surface area contributed by atoms with E-state index in [1.54, 1.807) is 47.6 Å². The normalized spacial score (nSPS) is 21.0. The van der Waals surface area contributed by atoms with Crippen molar-refractivity contribution in [1.29, 1.82) is 0 Å². The molecule has 0 spiro atoms. The van der Waals surface area contributed by atoms with Gasteiger partial charge in [0.2, 0.25) is 6.79 Å². The summed E-state index contributed by atoms with van der Waals surface area (Å²) < 4.78 is 23.8. The molecule has 252 valence electrons. The summed E-state index contributed by atoms with van der Waals surface area (Å²) in [7, 11) is 2.06. The van der Waals surface area contributed by atoms with Crippen LogP contribution in [0, 0.1) is 5.92 Å². The zero-order chi connectivity index (χ0) is 33.3. The molecule has 2 aliphatic heterocycles. The third-order valence-corrected chi connectivity index (χ3v) is 8.63. The molecule has 0 unspecified atom stereocenters. The number of carbonyl (C=O) groups excluding carboxylic acids is 2. The van der Waals surface area contributed by atoms with Crippen LogP contribution < -0.4 is 19.5 Å². The van der Waals surface area contributed by atoms with Crippen LogP contribution in [0.25, 0.3) is 0 Å². The Morgan fingerprint density at radius 1 is 1.06 bits per heavy atom. The molecule has 2 aliphatic rings. The first-order chi connectivity index (χ1) is 22.7. The lowest BCUT2D eigenvalue weighted by Crippen LogP contribution is -2.47. The molecule has 3 aromatic rings. The molecule has 0 saturated carbocycles. The van der Waals surface area contributed by atoms with Crippen molar-refractivity contribution < 1.29 is 33.6 Å². The smallest absolute Gasteiger partial charge is 0.258 e. The molecule has 47 heavy (non-hydrogen) atoms. The number of hydrogen-bond donors (Lipinski definition) is 2. The van der Waals surface area contributed by atoms with Crippen LogP contribution in [0.5, 0.6) is 17.2 Å². The van der Waals surface area contributed by atoms with E-state index < -0.39 is 6.04 Å². The van der Waals surface area contributed by atoms with Gasteiger partial charge in [0.05, 0.1) is 30.4 Å². The predicted molar refractivity (Wildman–Crippen MR) is 178 cm³/mol. The highest BCUT2D eigenvalue weighted by atomic mass is 16.7. The first kappa shape index (κ1) is 34.2. The molecule has 2 N–H and O–H groups in total. The van der Waals surface area contributed by atoms with Gasteiger partial charge in [-0.1, -0.05) is 13.0 Å². The van der Waals surface area contributed by atoms with Crippen molar-refractivity contribution in [2.24, 2.45) is 5.92 Å². The van der Waals surface area contributed by atoms with Crippen LogP contribution in [-0.4, -0.2) is 90.1 Å². The van der Waals surface area contributed by atoms with Crippen LogP contribution in [0.4, 0.5) is 5.69 Å². The molecule has 11 nitrogen and oxygen atoms in total. The molecule has 4 atom stereocenters. The van der Waals surface area contributed by atoms with Gasteiger partial charge >= 0.3 is 0 Å². The van der Waals surface area contributed by atoms with Gasteiger partial charge < -0.3 is 34.3 Å². The highest BCUT2D eigenvalue weighted by Crippen LogP contribution is 2.33. The predicted octanol–water partition coefficient (Wildman–Crippen LogP) is 4.99. The Kier molecular flexibility index (Phi) is 11.7. The summed E-state index contributed by atoms with van der Waals surface area (Å²) in [5, 5.41) is 13.1.